The first kappa shape index (κ1) is 16.4. The summed E-state index contributed by atoms with van der Waals surface area (Å²) < 4.78 is 0. The summed E-state index contributed by atoms with van der Waals surface area (Å²) in [7, 11) is 0. The van der Waals surface area contributed by atoms with Crippen molar-refractivity contribution in [2.24, 2.45) is 0 Å². The molecule has 0 unspecified atom stereocenters. The summed E-state index contributed by atoms with van der Waals surface area (Å²) in [5.41, 5.74) is 2.04. The third kappa shape index (κ3) is 4.78. The Morgan fingerprint density at radius 1 is 1.08 bits per heavy atom. The lowest BCUT2D eigenvalue weighted by atomic mass is 10.1. The van der Waals surface area contributed by atoms with Crippen LogP contribution in [0.1, 0.15) is 36.9 Å². The fraction of sp³-hybridized carbons (Fsp3) is 0.421. The molecule has 1 fully saturated rings. The molecule has 5 heteroatoms. The number of amides is 1. The van der Waals surface area contributed by atoms with E-state index in [1.807, 2.05) is 36.4 Å². The number of aromatic nitrogens is 2. The topological polar surface area (TPSA) is 58.1 Å². The number of piperidine rings is 1. The van der Waals surface area contributed by atoms with Crippen LogP contribution in [0.3, 0.4) is 0 Å². The van der Waals surface area contributed by atoms with Crippen LogP contribution in [0.2, 0.25) is 0 Å². The van der Waals surface area contributed by atoms with Gasteiger partial charge in [0.05, 0.1) is 12.2 Å². The van der Waals surface area contributed by atoms with Gasteiger partial charge in [0.15, 0.2) is 0 Å². The fourth-order valence-electron chi connectivity index (χ4n) is 2.91. The standard InChI is InChI=1S/C19H24N4O/c24-18(10-9-16-7-3-1-4-8-16)21-15-17-11-12-20-19(22-17)23-13-5-2-6-14-23/h1,3-4,7-8,11-12H,2,5-6,9-10,13-15H2,(H,21,24). The molecule has 1 aliphatic rings. The zero-order valence-electron chi connectivity index (χ0n) is 13.9. The molecule has 0 spiro atoms. The van der Waals surface area contributed by atoms with E-state index in [1.165, 1.54) is 24.8 Å². The second-order valence-electron chi connectivity index (χ2n) is 6.16. The quantitative estimate of drug-likeness (QED) is 0.887. The summed E-state index contributed by atoms with van der Waals surface area (Å²) in [6, 6.07) is 11.9. The van der Waals surface area contributed by atoms with Gasteiger partial charge in [-0.3, -0.25) is 4.79 Å². The maximum absolute atomic E-state index is 12.0. The molecule has 5 nitrogen and oxygen atoms in total. The minimum absolute atomic E-state index is 0.0528. The summed E-state index contributed by atoms with van der Waals surface area (Å²) in [5, 5.41) is 2.95. The SMILES string of the molecule is O=C(CCc1ccccc1)NCc1ccnc(N2CCCCC2)n1. The van der Waals surface area contributed by atoms with E-state index in [9.17, 15) is 4.79 Å². The molecule has 0 radical (unpaired) electrons. The van der Waals surface area contributed by atoms with Gasteiger partial charge in [-0.15, -0.1) is 0 Å². The van der Waals surface area contributed by atoms with Crippen LogP contribution in [0.25, 0.3) is 0 Å². The number of benzene rings is 1. The minimum Gasteiger partial charge on any atom is -0.350 e. The van der Waals surface area contributed by atoms with Gasteiger partial charge in [0.1, 0.15) is 0 Å². The lowest BCUT2D eigenvalue weighted by Gasteiger charge is -2.26. The molecule has 0 bridgehead atoms. The van der Waals surface area contributed by atoms with E-state index in [4.69, 9.17) is 0 Å². The van der Waals surface area contributed by atoms with Crippen molar-refractivity contribution in [1.29, 1.82) is 0 Å². The minimum atomic E-state index is 0.0528. The fourth-order valence-corrected chi connectivity index (χ4v) is 2.91. The van der Waals surface area contributed by atoms with E-state index < -0.39 is 0 Å². The van der Waals surface area contributed by atoms with Crippen molar-refractivity contribution in [1.82, 2.24) is 15.3 Å². The van der Waals surface area contributed by atoms with Crippen molar-refractivity contribution < 1.29 is 4.79 Å². The molecule has 0 atom stereocenters. The first-order valence-corrected chi connectivity index (χ1v) is 8.69. The van der Waals surface area contributed by atoms with Crippen LogP contribution in [0.15, 0.2) is 42.6 Å². The largest absolute Gasteiger partial charge is 0.350 e. The molecule has 24 heavy (non-hydrogen) atoms. The molecular formula is C19H24N4O. The summed E-state index contributed by atoms with van der Waals surface area (Å²) >= 11 is 0. The van der Waals surface area contributed by atoms with Crippen molar-refractivity contribution in [3.05, 3.63) is 53.9 Å². The number of hydrogen-bond acceptors (Lipinski definition) is 4. The molecule has 2 aromatic rings. The lowest BCUT2D eigenvalue weighted by molar-refractivity contribution is -0.121. The maximum atomic E-state index is 12.0. The van der Waals surface area contributed by atoms with E-state index in [0.29, 0.717) is 13.0 Å². The molecule has 2 heterocycles. The molecule has 1 amide bonds. The van der Waals surface area contributed by atoms with Crippen molar-refractivity contribution in [3.63, 3.8) is 0 Å². The Kier molecular flexibility index (Phi) is 5.77. The first-order chi connectivity index (χ1) is 11.8. The summed E-state index contributed by atoms with van der Waals surface area (Å²) in [4.78, 5) is 23.2. The number of carbonyl (C=O) groups is 1. The zero-order chi connectivity index (χ0) is 16.6. The van der Waals surface area contributed by atoms with Crippen LogP contribution < -0.4 is 10.2 Å². The van der Waals surface area contributed by atoms with Crippen molar-refractivity contribution in [2.45, 2.75) is 38.6 Å². The maximum Gasteiger partial charge on any atom is 0.225 e. The Hall–Kier alpha value is -2.43. The van der Waals surface area contributed by atoms with Gasteiger partial charge in [-0.25, -0.2) is 9.97 Å². The smallest absolute Gasteiger partial charge is 0.225 e. The van der Waals surface area contributed by atoms with Gasteiger partial charge in [0.25, 0.3) is 0 Å². The van der Waals surface area contributed by atoms with Crippen molar-refractivity contribution in [2.75, 3.05) is 18.0 Å². The number of nitrogens with zero attached hydrogens (tertiary/aromatic N) is 3. The van der Waals surface area contributed by atoms with Crippen LogP contribution in [0.4, 0.5) is 5.95 Å². The molecule has 3 rings (SSSR count). The summed E-state index contributed by atoms with van der Waals surface area (Å²) in [6.07, 6.45) is 6.72. The van der Waals surface area contributed by atoms with Gasteiger partial charge >= 0.3 is 0 Å². The Balaban J connectivity index is 1.48. The average Bonchev–Trinajstić information content (AvgIpc) is 2.66. The van der Waals surface area contributed by atoms with Gasteiger partial charge in [0, 0.05) is 25.7 Å². The predicted molar refractivity (Wildman–Crippen MR) is 94.7 cm³/mol. The highest BCUT2D eigenvalue weighted by Crippen LogP contribution is 2.15. The number of carbonyl (C=O) groups excluding carboxylic acids is 1. The van der Waals surface area contributed by atoms with E-state index in [2.05, 4.69) is 20.2 Å². The van der Waals surface area contributed by atoms with Gasteiger partial charge in [0.2, 0.25) is 11.9 Å². The molecule has 1 saturated heterocycles. The van der Waals surface area contributed by atoms with Gasteiger partial charge in [-0.2, -0.15) is 0 Å². The summed E-state index contributed by atoms with van der Waals surface area (Å²) in [5.74, 6) is 0.836. The second-order valence-corrected chi connectivity index (χ2v) is 6.16. The van der Waals surface area contributed by atoms with Crippen LogP contribution in [-0.2, 0) is 17.8 Å². The molecular weight excluding hydrogens is 300 g/mol. The highest BCUT2D eigenvalue weighted by molar-refractivity contribution is 5.76. The molecule has 0 aliphatic carbocycles. The van der Waals surface area contributed by atoms with Gasteiger partial charge < -0.3 is 10.2 Å². The molecule has 1 aliphatic heterocycles. The number of aryl methyl sites for hydroxylation is 1. The van der Waals surface area contributed by atoms with Crippen molar-refractivity contribution in [3.8, 4) is 0 Å². The van der Waals surface area contributed by atoms with Crippen LogP contribution in [-0.4, -0.2) is 29.0 Å². The number of hydrogen-bond donors (Lipinski definition) is 1. The van der Waals surface area contributed by atoms with Gasteiger partial charge in [-0.1, -0.05) is 30.3 Å². The lowest BCUT2D eigenvalue weighted by Crippen LogP contribution is -2.31. The highest BCUT2D eigenvalue weighted by Gasteiger charge is 2.13. The Labute approximate surface area is 143 Å². The number of nitrogens with one attached hydrogen (secondary N) is 1. The average molecular weight is 324 g/mol. The monoisotopic (exact) mass is 324 g/mol. The molecule has 1 aromatic carbocycles. The Bertz CT molecular complexity index is 653. The van der Waals surface area contributed by atoms with Crippen LogP contribution >= 0.6 is 0 Å². The Morgan fingerprint density at radius 3 is 2.67 bits per heavy atom. The summed E-state index contributed by atoms with van der Waals surface area (Å²) in [6.45, 7) is 2.50. The predicted octanol–water partition coefficient (Wildman–Crippen LogP) is 2.72. The third-order valence-corrected chi connectivity index (χ3v) is 4.29. The second kappa shape index (κ2) is 8.43. The van der Waals surface area contributed by atoms with Crippen molar-refractivity contribution >= 4 is 11.9 Å². The van der Waals surface area contributed by atoms with E-state index in [0.717, 1.165) is 31.2 Å². The van der Waals surface area contributed by atoms with Gasteiger partial charge in [-0.05, 0) is 37.3 Å². The van der Waals surface area contributed by atoms with Crippen LogP contribution in [0.5, 0.6) is 0 Å². The molecule has 1 N–H and O–H groups in total. The Morgan fingerprint density at radius 2 is 1.88 bits per heavy atom. The van der Waals surface area contributed by atoms with E-state index in [1.54, 1.807) is 6.20 Å². The number of rotatable bonds is 6. The first-order valence-electron chi connectivity index (χ1n) is 8.69. The van der Waals surface area contributed by atoms with E-state index >= 15 is 0 Å². The van der Waals surface area contributed by atoms with E-state index in [-0.39, 0.29) is 5.91 Å². The van der Waals surface area contributed by atoms with Crippen LogP contribution in [0, 0.1) is 0 Å². The third-order valence-electron chi connectivity index (χ3n) is 4.29. The highest BCUT2D eigenvalue weighted by atomic mass is 16.1. The molecule has 0 saturated carbocycles. The number of anilines is 1. The zero-order valence-corrected chi connectivity index (χ0v) is 13.9. The molecule has 1 aromatic heterocycles. The molecule has 126 valence electrons. The normalized spacial score (nSPS) is 14.4.